The van der Waals surface area contributed by atoms with Gasteiger partial charge in [0.15, 0.2) is 0 Å². The van der Waals surface area contributed by atoms with E-state index >= 15 is 0 Å². The van der Waals surface area contributed by atoms with E-state index in [-0.39, 0.29) is 24.4 Å². The highest BCUT2D eigenvalue weighted by Gasteiger charge is 2.34. The summed E-state index contributed by atoms with van der Waals surface area (Å²) >= 11 is 0. The molecule has 0 atom stereocenters. The number of hydrogen-bond donors (Lipinski definition) is 0. The first-order valence-electron chi connectivity index (χ1n) is 15.3. The Bertz CT molecular complexity index is 946. The van der Waals surface area contributed by atoms with E-state index in [9.17, 15) is 9.13 Å². The van der Waals surface area contributed by atoms with Crippen LogP contribution in [0.1, 0.15) is 107 Å². The van der Waals surface area contributed by atoms with E-state index in [1.807, 2.05) is 104 Å². The summed E-state index contributed by atoms with van der Waals surface area (Å²) in [5.41, 5.74) is 1.90. The third-order valence-corrected chi connectivity index (χ3v) is 11.7. The summed E-state index contributed by atoms with van der Waals surface area (Å²) in [6.45, 7) is 16.3. The van der Waals surface area contributed by atoms with E-state index in [1.54, 1.807) is 0 Å². The Morgan fingerprint density at radius 1 is 0.425 bits per heavy atom. The van der Waals surface area contributed by atoms with Crippen molar-refractivity contribution in [3.63, 3.8) is 0 Å². The van der Waals surface area contributed by atoms with Crippen LogP contribution in [0, 0.1) is 0 Å². The van der Waals surface area contributed by atoms with Crippen LogP contribution in [0.3, 0.4) is 0 Å². The van der Waals surface area contributed by atoms with Gasteiger partial charge in [0.1, 0.15) is 0 Å². The van der Waals surface area contributed by atoms with Crippen molar-refractivity contribution in [1.29, 1.82) is 0 Å². The van der Waals surface area contributed by atoms with Gasteiger partial charge in [-0.05, 0) is 86.8 Å². The Kier molecular flexibility index (Phi) is 14.8. The fourth-order valence-electron chi connectivity index (χ4n) is 4.50. The average molecular weight is 595 g/mol. The predicted octanol–water partition coefficient (Wildman–Crippen LogP) is 9.81. The molecule has 8 heteroatoms. The maximum atomic E-state index is 14.0. The van der Waals surface area contributed by atoms with Crippen LogP contribution in [0.2, 0.25) is 0 Å². The zero-order valence-electron chi connectivity index (χ0n) is 25.9. The molecular formula is C32H52O6P2. The van der Waals surface area contributed by atoms with Gasteiger partial charge in [-0.1, -0.05) is 79.7 Å². The molecule has 0 spiro atoms. The minimum atomic E-state index is -3.50. The van der Waals surface area contributed by atoms with Gasteiger partial charge in [-0.2, -0.15) is 0 Å². The molecule has 0 aliphatic rings. The Morgan fingerprint density at radius 2 is 0.625 bits per heavy atom. The van der Waals surface area contributed by atoms with Gasteiger partial charge in [0, 0.05) is 0 Å². The maximum Gasteiger partial charge on any atom is 0.361 e. The number of benzene rings is 2. The molecule has 0 saturated carbocycles. The van der Waals surface area contributed by atoms with Crippen molar-refractivity contribution in [3.05, 3.63) is 48.5 Å². The smallest absolute Gasteiger partial charge is 0.302 e. The molecule has 2 aromatic rings. The van der Waals surface area contributed by atoms with E-state index in [2.05, 4.69) is 0 Å². The largest absolute Gasteiger partial charge is 0.361 e. The predicted molar refractivity (Wildman–Crippen MR) is 168 cm³/mol. The fraction of sp³-hybridized carbons (Fsp3) is 0.625. The van der Waals surface area contributed by atoms with Crippen molar-refractivity contribution in [2.45, 2.75) is 131 Å². The quantitative estimate of drug-likeness (QED) is 0.151. The minimum Gasteiger partial charge on any atom is -0.302 e. The van der Waals surface area contributed by atoms with Crippen molar-refractivity contribution in [3.8, 4) is 11.1 Å². The van der Waals surface area contributed by atoms with E-state index in [4.69, 9.17) is 18.1 Å². The zero-order valence-corrected chi connectivity index (χ0v) is 27.7. The molecule has 0 heterocycles. The molecular weight excluding hydrogens is 542 g/mol. The van der Waals surface area contributed by atoms with Gasteiger partial charge in [-0.15, -0.1) is 0 Å². The van der Waals surface area contributed by atoms with Crippen LogP contribution >= 0.6 is 15.2 Å². The molecule has 0 aliphatic heterocycles. The number of rotatable bonds is 19. The first-order chi connectivity index (χ1) is 19.1. The minimum absolute atomic E-state index is 0.132. The first-order valence-corrected chi connectivity index (χ1v) is 18.4. The Balaban J connectivity index is 2.38. The first kappa shape index (κ1) is 34.9. The van der Waals surface area contributed by atoms with Gasteiger partial charge in [-0.25, -0.2) is 0 Å². The summed E-state index contributed by atoms with van der Waals surface area (Å²) in [7, 11) is -7.00. The molecule has 0 aliphatic carbocycles. The van der Waals surface area contributed by atoms with E-state index in [0.29, 0.717) is 10.6 Å². The second kappa shape index (κ2) is 17.0. The van der Waals surface area contributed by atoms with Crippen LogP contribution in [-0.4, -0.2) is 24.4 Å². The second-order valence-electron chi connectivity index (χ2n) is 10.3. The topological polar surface area (TPSA) is 71.1 Å². The van der Waals surface area contributed by atoms with Crippen molar-refractivity contribution >= 4 is 25.8 Å². The summed E-state index contributed by atoms with van der Waals surface area (Å²) in [5, 5.41) is 1.13. The summed E-state index contributed by atoms with van der Waals surface area (Å²) in [4.78, 5) is 0. The van der Waals surface area contributed by atoms with Gasteiger partial charge < -0.3 is 18.1 Å². The Hall–Kier alpha value is -1.26. The Morgan fingerprint density at radius 3 is 0.800 bits per heavy atom. The summed E-state index contributed by atoms with van der Waals surface area (Å²) in [6, 6.07) is 15.1. The summed E-state index contributed by atoms with van der Waals surface area (Å²) < 4.78 is 52.6. The van der Waals surface area contributed by atoms with Gasteiger partial charge in [-0.3, -0.25) is 9.13 Å². The molecule has 0 saturated heterocycles. The SMILES string of the molecule is CCC(CC)OP(=O)(OC(CC)CC)c1ccc(-c2ccc(P(=O)(OC(CC)CC)OC(CC)CC)cc2)cc1. The molecule has 0 aromatic heterocycles. The van der Waals surface area contributed by atoms with Crippen molar-refractivity contribution in [2.75, 3.05) is 0 Å². The molecule has 2 rings (SSSR count). The van der Waals surface area contributed by atoms with E-state index in [1.165, 1.54) is 0 Å². The molecule has 0 unspecified atom stereocenters. The third-order valence-electron chi connectivity index (χ3n) is 7.49. The number of hydrogen-bond acceptors (Lipinski definition) is 6. The van der Waals surface area contributed by atoms with Crippen LogP contribution in [0.15, 0.2) is 48.5 Å². The van der Waals surface area contributed by atoms with E-state index < -0.39 is 15.2 Å². The third kappa shape index (κ3) is 9.38. The van der Waals surface area contributed by atoms with Gasteiger partial charge in [0.2, 0.25) is 0 Å². The molecule has 226 valence electrons. The fourth-order valence-corrected chi connectivity index (χ4v) is 8.88. The summed E-state index contributed by atoms with van der Waals surface area (Å²) in [6.07, 6.45) is 5.61. The normalized spacial score (nSPS) is 12.8. The van der Waals surface area contributed by atoms with Crippen molar-refractivity contribution in [1.82, 2.24) is 0 Å². The molecule has 0 bridgehead atoms. The van der Waals surface area contributed by atoms with Gasteiger partial charge >= 0.3 is 15.2 Å². The summed E-state index contributed by atoms with van der Waals surface area (Å²) in [5.74, 6) is 0. The maximum absolute atomic E-state index is 14.0. The molecule has 0 radical (unpaired) electrons. The van der Waals surface area contributed by atoms with Crippen LogP contribution in [-0.2, 0) is 27.2 Å². The lowest BCUT2D eigenvalue weighted by atomic mass is 10.1. The lowest BCUT2D eigenvalue weighted by Crippen LogP contribution is -2.21. The highest BCUT2D eigenvalue weighted by Crippen LogP contribution is 2.52. The highest BCUT2D eigenvalue weighted by atomic mass is 31.2. The van der Waals surface area contributed by atoms with Crippen molar-refractivity contribution < 1.29 is 27.2 Å². The van der Waals surface area contributed by atoms with Crippen LogP contribution < -0.4 is 10.6 Å². The molecule has 0 amide bonds. The van der Waals surface area contributed by atoms with Crippen LogP contribution in [0.5, 0.6) is 0 Å². The molecule has 2 aromatic carbocycles. The lowest BCUT2D eigenvalue weighted by molar-refractivity contribution is 0.111. The molecule has 40 heavy (non-hydrogen) atoms. The highest BCUT2D eigenvalue weighted by molar-refractivity contribution is 7.62. The lowest BCUT2D eigenvalue weighted by Gasteiger charge is -2.27. The monoisotopic (exact) mass is 594 g/mol. The zero-order chi connectivity index (χ0) is 29.8. The van der Waals surface area contributed by atoms with Gasteiger partial charge in [0.25, 0.3) is 0 Å². The van der Waals surface area contributed by atoms with Crippen LogP contribution in [0.25, 0.3) is 11.1 Å². The molecule has 0 N–H and O–H groups in total. The second-order valence-corrected chi connectivity index (χ2v) is 14.1. The van der Waals surface area contributed by atoms with Gasteiger partial charge in [0.05, 0.1) is 35.0 Å². The molecule has 0 fully saturated rings. The Labute approximate surface area is 243 Å². The van der Waals surface area contributed by atoms with Crippen LogP contribution in [0.4, 0.5) is 0 Å². The van der Waals surface area contributed by atoms with E-state index in [0.717, 1.165) is 62.5 Å². The average Bonchev–Trinajstić information content (AvgIpc) is 3.00. The standard InChI is InChI=1S/C32H52O6P2/c1-9-27(10-2)35-39(33,36-28(11-3)12-4)31-21-17-25(18-22-31)26-19-23-32(24-20-26)40(34,37-29(13-5)14-6)38-30(15-7)16-8/h17-24,27-30H,9-16H2,1-8H3. The van der Waals surface area contributed by atoms with Crippen molar-refractivity contribution in [2.24, 2.45) is 0 Å². The molecule has 6 nitrogen and oxygen atoms in total.